The standard InChI is InChI=1S/C10H9NO2/c1-7-9(13-11-10(7)12)8-5-3-2-4-6-8/h2-6H,1H3,(H,11,12)/p-1. The summed E-state index contributed by atoms with van der Waals surface area (Å²) in [5.74, 6) is 0.268. The summed E-state index contributed by atoms with van der Waals surface area (Å²) >= 11 is 0. The largest absolute Gasteiger partial charge is 0.856 e. The van der Waals surface area contributed by atoms with Gasteiger partial charge in [-0.2, -0.15) is 0 Å². The second-order valence-electron chi connectivity index (χ2n) is 2.81. The van der Waals surface area contributed by atoms with Gasteiger partial charge in [0.15, 0.2) is 5.76 Å². The van der Waals surface area contributed by atoms with Gasteiger partial charge in [0, 0.05) is 17.0 Å². The first-order chi connectivity index (χ1) is 6.29. The van der Waals surface area contributed by atoms with E-state index >= 15 is 0 Å². The van der Waals surface area contributed by atoms with Gasteiger partial charge in [-0.1, -0.05) is 35.5 Å². The summed E-state index contributed by atoms with van der Waals surface area (Å²) in [5, 5.41) is 14.4. The van der Waals surface area contributed by atoms with Gasteiger partial charge in [-0.25, -0.2) is 0 Å². The fraction of sp³-hybridized carbons (Fsp3) is 0.100. The van der Waals surface area contributed by atoms with Crippen LogP contribution in [0.4, 0.5) is 0 Å². The third-order valence-electron chi connectivity index (χ3n) is 1.92. The minimum Gasteiger partial charge on any atom is -0.856 e. The van der Waals surface area contributed by atoms with Gasteiger partial charge in [0.05, 0.1) is 0 Å². The van der Waals surface area contributed by atoms with Crippen LogP contribution in [-0.2, 0) is 0 Å². The molecule has 13 heavy (non-hydrogen) atoms. The molecule has 0 aliphatic heterocycles. The van der Waals surface area contributed by atoms with Crippen molar-refractivity contribution < 1.29 is 9.63 Å². The summed E-state index contributed by atoms with van der Waals surface area (Å²) in [6, 6.07) is 9.46. The van der Waals surface area contributed by atoms with Crippen LogP contribution >= 0.6 is 0 Å². The number of aromatic nitrogens is 1. The Bertz CT molecular complexity index is 406. The molecular formula is C10H8NO2-. The monoisotopic (exact) mass is 174 g/mol. The van der Waals surface area contributed by atoms with Crippen molar-refractivity contribution in [1.82, 2.24) is 5.16 Å². The highest BCUT2D eigenvalue weighted by Crippen LogP contribution is 2.26. The summed E-state index contributed by atoms with van der Waals surface area (Å²) in [6.07, 6.45) is 0. The highest BCUT2D eigenvalue weighted by Gasteiger charge is 2.06. The van der Waals surface area contributed by atoms with Crippen molar-refractivity contribution in [3.05, 3.63) is 35.9 Å². The Morgan fingerprint density at radius 2 is 1.92 bits per heavy atom. The fourth-order valence-corrected chi connectivity index (χ4v) is 1.18. The van der Waals surface area contributed by atoms with E-state index in [0.717, 1.165) is 5.56 Å². The van der Waals surface area contributed by atoms with Gasteiger partial charge in [0.25, 0.3) is 0 Å². The molecule has 0 aliphatic carbocycles. The Kier molecular flexibility index (Phi) is 1.77. The topological polar surface area (TPSA) is 49.1 Å². The number of benzene rings is 1. The summed E-state index contributed by atoms with van der Waals surface area (Å²) < 4.78 is 4.92. The zero-order valence-electron chi connectivity index (χ0n) is 7.15. The van der Waals surface area contributed by atoms with E-state index in [0.29, 0.717) is 11.3 Å². The van der Waals surface area contributed by atoms with E-state index in [2.05, 4.69) is 5.16 Å². The van der Waals surface area contributed by atoms with Crippen molar-refractivity contribution in [2.45, 2.75) is 6.92 Å². The summed E-state index contributed by atoms with van der Waals surface area (Å²) in [4.78, 5) is 0. The van der Waals surface area contributed by atoms with Crippen LogP contribution in [0.1, 0.15) is 5.56 Å². The van der Waals surface area contributed by atoms with Gasteiger partial charge in [0.2, 0.25) is 0 Å². The molecule has 1 heterocycles. The van der Waals surface area contributed by atoms with Gasteiger partial charge < -0.3 is 9.63 Å². The maximum absolute atomic E-state index is 11.0. The van der Waals surface area contributed by atoms with Crippen molar-refractivity contribution in [1.29, 1.82) is 0 Å². The Morgan fingerprint density at radius 3 is 2.46 bits per heavy atom. The first-order valence-corrected chi connectivity index (χ1v) is 3.98. The summed E-state index contributed by atoms with van der Waals surface area (Å²) in [6.45, 7) is 1.71. The summed E-state index contributed by atoms with van der Waals surface area (Å²) in [7, 11) is 0. The van der Waals surface area contributed by atoms with Crippen molar-refractivity contribution in [3.63, 3.8) is 0 Å². The molecule has 66 valence electrons. The van der Waals surface area contributed by atoms with Crippen LogP contribution in [0.15, 0.2) is 34.9 Å². The van der Waals surface area contributed by atoms with Crippen LogP contribution in [0.3, 0.4) is 0 Å². The van der Waals surface area contributed by atoms with Crippen LogP contribution in [0.5, 0.6) is 5.88 Å². The van der Waals surface area contributed by atoms with E-state index in [1.54, 1.807) is 6.92 Å². The molecular weight excluding hydrogens is 166 g/mol. The molecule has 1 aromatic heterocycles. The molecule has 0 radical (unpaired) electrons. The van der Waals surface area contributed by atoms with E-state index in [1.165, 1.54) is 0 Å². The molecule has 0 aliphatic rings. The molecule has 0 bridgehead atoms. The molecule has 0 N–H and O–H groups in total. The van der Waals surface area contributed by atoms with E-state index in [9.17, 15) is 5.11 Å². The average molecular weight is 174 g/mol. The lowest BCUT2D eigenvalue weighted by Crippen LogP contribution is -1.90. The number of hydrogen-bond acceptors (Lipinski definition) is 3. The third-order valence-corrected chi connectivity index (χ3v) is 1.92. The highest BCUT2D eigenvalue weighted by molar-refractivity contribution is 5.62. The van der Waals surface area contributed by atoms with Crippen LogP contribution in [0, 0.1) is 6.92 Å². The molecule has 0 spiro atoms. The molecule has 1 aromatic carbocycles. The first kappa shape index (κ1) is 7.86. The second kappa shape index (κ2) is 2.94. The fourth-order valence-electron chi connectivity index (χ4n) is 1.18. The SMILES string of the molecule is Cc1c([O-])noc1-c1ccccc1. The Morgan fingerprint density at radius 1 is 1.23 bits per heavy atom. The Hall–Kier alpha value is -1.77. The molecule has 0 saturated heterocycles. The quantitative estimate of drug-likeness (QED) is 0.661. The van der Waals surface area contributed by atoms with Gasteiger partial charge in [0.1, 0.15) is 0 Å². The van der Waals surface area contributed by atoms with Crippen LogP contribution in [0.25, 0.3) is 11.3 Å². The van der Waals surface area contributed by atoms with Gasteiger partial charge in [-0.05, 0) is 6.92 Å². The Balaban J connectivity index is 2.53. The van der Waals surface area contributed by atoms with E-state index < -0.39 is 0 Å². The van der Waals surface area contributed by atoms with Crippen molar-refractivity contribution >= 4 is 0 Å². The van der Waals surface area contributed by atoms with Crippen LogP contribution < -0.4 is 5.11 Å². The number of hydrogen-bond donors (Lipinski definition) is 0. The van der Waals surface area contributed by atoms with Crippen molar-refractivity contribution in [2.24, 2.45) is 0 Å². The van der Waals surface area contributed by atoms with Gasteiger partial charge >= 0.3 is 0 Å². The average Bonchev–Trinajstić information content (AvgIpc) is 2.49. The lowest BCUT2D eigenvalue weighted by Gasteiger charge is -1.98. The minimum atomic E-state index is -0.293. The molecule has 0 amide bonds. The van der Waals surface area contributed by atoms with Gasteiger partial charge in [-0.3, -0.25) is 0 Å². The number of rotatable bonds is 1. The first-order valence-electron chi connectivity index (χ1n) is 3.98. The molecule has 0 unspecified atom stereocenters. The minimum absolute atomic E-state index is 0.293. The van der Waals surface area contributed by atoms with Crippen LogP contribution in [0.2, 0.25) is 0 Å². The number of nitrogens with zero attached hydrogens (tertiary/aromatic N) is 1. The molecule has 0 atom stereocenters. The van der Waals surface area contributed by atoms with Crippen LogP contribution in [-0.4, -0.2) is 5.16 Å². The maximum Gasteiger partial charge on any atom is 0.169 e. The van der Waals surface area contributed by atoms with E-state index in [1.807, 2.05) is 30.3 Å². The molecule has 0 fully saturated rings. The van der Waals surface area contributed by atoms with Gasteiger partial charge in [-0.15, -0.1) is 0 Å². The Labute approximate surface area is 75.6 Å². The lowest BCUT2D eigenvalue weighted by molar-refractivity contribution is -0.278. The third kappa shape index (κ3) is 1.28. The van der Waals surface area contributed by atoms with Crippen molar-refractivity contribution in [2.75, 3.05) is 0 Å². The second-order valence-corrected chi connectivity index (χ2v) is 2.81. The van der Waals surface area contributed by atoms with E-state index in [4.69, 9.17) is 4.52 Å². The highest BCUT2D eigenvalue weighted by atomic mass is 16.5. The smallest absolute Gasteiger partial charge is 0.169 e. The molecule has 3 heteroatoms. The van der Waals surface area contributed by atoms with E-state index in [-0.39, 0.29) is 5.88 Å². The normalized spacial score (nSPS) is 10.2. The predicted octanol–water partition coefficient (Wildman–Crippen LogP) is 1.72. The summed E-state index contributed by atoms with van der Waals surface area (Å²) in [5.41, 5.74) is 1.45. The molecule has 0 saturated carbocycles. The predicted molar refractivity (Wildman–Crippen MR) is 46.1 cm³/mol. The molecule has 2 rings (SSSR count). The zero-order chi connectivity index (χ0) is 9.26. The zero-order valence-corrected chi connectivity index (χ0v) is 7.15. The lowest BCUT2D eigenvalue weighted by atomic mass is 10.1. The van der Waals surface area contributed by atoms with Crippen molar-refractivity contribution in [3.8, 4) is 17.2 Å². The maximum atomic E-state index is 11.0. The molecule has 2 aromatic rings. The molecule has 3 nitrogen and oxygen atoms in total.